The summed E-state index contributed by atoms with van der Waals surface area (Å²) in [7, 11) is -7.91. The molecule has 2 saturated heterocycles. The van der Waals surface area contributed by atoms with E-state index in [0.29, 0.717) is 39.0 Å². The number of rotatable bonds is 9. The van der Waals surface area contributed by atoms with Crippen molar-refractivity contribution < 1.29 is 26.4 Å². The molecule has 0 saturated carbocycles. The van der Waals surface area contributed by atoms with Gasteiger partial charge in [0.25, 0.3) is 10.0 Å². The smallest absolute Gasteiger partial charge is 0.270 e. The maximum Gasteiger partial charge on any atom is 0.270 e. The third-order valence-corrected chi connectivity index (χ3v) is 11.0. The number of amides is 1. The van der Waals surface area contributed by atoms with E-state index >= 15 is 0 Å². The third-order valence-electron chi connectivity index (χ3n) is 7.42. The van der Waals surface area contributed by atoms with E-state index in [1.54, 1.807) is 18.2 Å². The minimum absolute atomic E-state index is 0.0168. The normalized spacial score (nSPS) is 23.5. The van der Waals surface area contributed by atoms with Crippen molar-refractivity contribution in [2.24, 2.45) is 5.92 Å². The van der Waals surface area contributed by atoms with Crippen molar-refractivity contribution in [3.63, 3.8) is 0 Å². The van der Waals surface area contributed by atoms with Gasteiger partial charge in [-0.3, -0.25) is 9.69 Å². The van der Waals surface area contributed by atoms with Gasteiger partial charge in [-0.2, -0.15) is 4.31 Å². The summed E-state index contributed by atoms with van der Waals surface area (Å²) in [5.74, 6) is -1.34. The molecule has 3 aliphatic heterocycles. The number of benzene rings is 2. The van der Waals surface area contributed by atoms with E-state index in [-0.39, 0.29) is 22.9 Å². The Balaban J connectivity index is 1.40. The highest BCUT2D eigenvalue weighted by Gasteiger charge is 2.55. The van der Waals surface area contributed by atoms with Crippen molar-refractivity contribution in [2.75, 3.05) is 45.1 Å². The SMILES string of the molecule is CCC[C@H]1C(=O)N(S(=O)(=O)c2ccc3ccccc3c2)C2=CCN(S(=O)(=O)CCCN3CCOCC3)[C@@H]21. The number of fused-ring (bicyclic) bond motifs is 2. The Morgan fingerprint density at radius 1 is 1.00 bits per heavy atom. The lowest BCUT2D eigenvalue weighted by Crippen LogP contribution is -2.43. The standard InChI is InChI=1S/C26H33N3O6S2/c1-2-6-23-25-24(11-13-28(25)36(31,32)18-5-12-27-14-16-35-17-15-27)29(26(23)30)37(33,34)22-10-9-20-7-3-4-8-21(20)19-22/h3-4,7-11,19,23,25H,2,5-6,12-18H2,1H3/t23-,25-/m1/s1. The molecule has 2 aromatic carbocycles. The van der Waals surface area contributed by atoms with Crippen LogP contribution in [0.25, 0.3) is 10.8 Å². The van der Waals surface area contributed by atoms with Crippen molar-refractivity contribution >= 4 is 36.7 Å². The molecule has 0 unspecified atom stereocenters. The summed E-state index contributed by atoms with van der Waals surface area (Å²) in [6.07, 6.45) is 3.10. The Labute approximate surface area is 218 Å². The first-order valence-electron chi connectivity index (χ1n) is 12.8. The second-order valence-electron chi connectivity index (χ2n) is 9.78. The summed E-state index contributed by atoms with van der Waals surface area (Å²) in [5, 5.41) is 1.65. The predicted octanol–water partition coefficient (Wildman–Crippen LogP) is 2.41. The van der Waals surface area contributed by atoms with E-state index in [0.717, 1.165) is 28.2 Å². The quantitative estimate of drug-likeness (QED) is 0.475. The second kappa shape index (κ2) is 10.5. The van der Waals surface area contributed by atoms with Crippen molar-refractivity contribution in [3.8, 4) is 0 Å². The topological polar surface area (TPSA) is 104 Å². The highest BCUT2D eigenvalue weighted by molar-refractivity contribution is 7.90. The molecular weight excluding hydrogens is 514 g/mol. The molecule has 9 nitrogen and oxygen atoms in total. The van der Waals surface area contributed by atoms with E-state index in [4.69, 9.17) is 4.74 Å². The van der Waals surface area contributed by atoms with Gasteiger partial charge in [0.2, 0.25) is 15.9 Å². The van der Waals surface area contributed by atoms with Crippen LogP contribution in [0.3, 0.4) is 0 Å². The van der Waals surface area contributed by atoms with Gasteiger partial charge in [-0.1, -0.05) is 43.7 Å². The first-order valence-corrected chi connectivity index (χ1v) is 15.9. The van der Waals surface area contributed by atoms with Gasteiger partial charge < -0.3 is 4.74 Å². The zero-order valence-corrected chi connectivity index (χ0v) is 22.6. The van der Waals surface area contributed by atoms with Crippen LogP contribution in [0, 0.1) is 5.92 Å². The molecule has 5 rings (SSSR count). The van der Waals surface area contributed by atoms with Crippen molar-refractivity contribution in [2.45, 2.75) is 37.1 Å². The van der Waals surface area contributed by atoms with Gasteiger partial charge in [-0.15, -0.1) is 0 Å². The number of ether oxygens (including phenoxy) is 1. The zero-order chi connectivity index (χ0) is 26.2. The fourth-order valence-corrected chi connectivity index (χ4v) is 8.76. The molecule has 200 valence electrons. The van der Waals surface area contributed by atoms with Crippen LogP contribution in [0.5, 0.6) is 0 Å². The van der Waals surface area contributed by atoms with Crippen LogP contribution in [-0.2, 0) is 29.6 Å². The number of hydrogen-bond acceptors (Lipinski definition) is 7. The number of morpholine rings is 1. The largest absolute Gasteiger partial charge is 0.379 e. The van der Waals surface area contributed by atoms with Gasteiger partial charge in [-0.25, -0.2) is 21.1 Å². The average Bonchev–Trinajstić information content (AvgIpc) is 3.43. The van der Waals surface area contributed by atoms with Crippen molar-refractivity contribution in [1.29, 1.82) is 0 Å². The lowest BCUT2D eigenvalue weighted by atomic mass is 9.97. The van der Waals surface area contributed by atoms with Crippen LogP contribution in [0.1, 0.15) is 26.2 Å². The summed E-state index contributed by atoms with van der Waals surface area (Å²) >= 11 is 0. The number of sulfonamides is 2. The summed E-state index contributed by atoms with van der Waals surface area (Å²) in [6, 6.07) is 11.4. The van der Waals surface area contributed by atoms with Crippen LogP contribution in [0.15, 0.2) is 59.1 Å². The Morgan fingerprint density at radius 3 is 2.46 bits per heavy atom. The molecule has 1 amide bonds. The van der Waals surface area contributed by atoms with Gasteiger partial charge in [-0.05, 0) is 48.4 Å². The fourth-order valence-electron chi connectivity index (χ4n) is 5.57. The maximum atomic E-state index is 13.8. The molecule has 2 aromatic rings. The molecule has 37 heavy (non-hydrogen) atoms. The molecule has 0 bridgehead atoms. The second-order valence-corrected chi connectivity index (χ2v) is 13.6. The Morgan fingerprint density at radius 2 is 1.73 bits per heavy atom. The van der Waals surface area contributed by atoms with E-state index in [2.05, 4.69) is 4.90 Å². The minimum Gasteiger partial charge on any atom is -0.379 e. The lowest BCUT2D eigenvalue weighted by Gasteiger charge is -2.28. The summed E-state index contributed by atoms with van der Waals surface area (Å²) in [4.78, 5) is 15.8. The van der Waals surface area contributed by atoms with Gasteiger partial charge in [0.1, 0.15) is 0 Å². The van der Waals surface area contributed by atoms with Crippen LogP contribution in [0.4, 0.5) is 0 Å². The highest BCUT2D eigenvalue weighted by Crippen LogP contribution is 2.43. The molecule has 2 fully saturated rings. The van der Waals surface area contributed by atoms with Gasteiger partial charge in [0.15, 0.2) is 0 Å². The molecule has 0 aliphatic carbocycles. The predicted molar refractivity (Wildman–Crippen MR) is 141 cm³/mol. The average molecular weight is 548 g/mol. The Kier molecular flexibility index (Phi) is 7.43. The number of carbonyl (C=O) groups is 1. The summed E-state index contributed by atoms with van der Waals surface area (Å²) in [6.45, 7) is 5.50. The zero-order valence-electron chi connectivity index (χ0n) is 21.0. The van der Waals surface area contributed by atoms with E-state index < -0.39 is 37.9 Å². The Bertz CT molecular complexity index is 1420. The molecule has 2 atom stereocenters. The fraction of sp³-hybridized carbons (Fsp3) is 0.500. The van der Waals surface area contributed by atoms with E-state index in [9.17, 15) is 21.6 Å². The lowest BCUT2D eigenvalue weighted by molar-refractivity contribution is -0.127. The summed E-state index contributed by atoms with van der Waals surface area (Å²) < 4.78 is 61.9. The van der Waals surface area contributed by atoms with Crippen LogP contribution in [0.2, 0.25) is 0 Å². The van der Waals surface area contributed by atoms with Crippen LogP contribution >= 0.6 is 0 Å². The van der Waals surface area contributed by atoms with Gasteiger partial charge in [0.05, 0.1) is 41.5 Å². The number of hydrogen-bond donors (Lipinski definition) is 0. The maximum absolute atomic E-state index is 13.8. The molecule has 11 heteroatoms. The minimum atomic E-state index is -4.21. The first-order chi connectivity index (χ1) is 17.7. The number of carbonyl (C=O) groups excluding carboxylic acids is 1. The molecule has 0 N–H and O–H groups in total. The monoisotopic (exact) mass is 547 g/mol. The highest BCUT2D eigenvalue weighted by atomic mass is 32.2. The van der Waals surface area contributed by atoms with Crippen molar-refractivity contribution in [3.05, 3.63) is 54.2 Å². The van der Waals surface area contributed by atoms with Gasteiger partial charge >= 0.3 is 0 Å². The molecule has 0 spiro atoms. The number of nitrogens with zero attached hydrogens (tertiary/aromatic N) is 3. The Hall–Kier alpha value is -2.31. The van der Waals surface area contributed by atoms with Crippen molar-refractivity contribution in [1.82, 2.24) is 13.5 Å². The molecule has 3 aliphatic rings. The molecule has 0 aromatic heterocycles. The first kappa shape index (κ1) is 26.3. The van der Waals surface area contributed by atoms with Crippen LogP contribution in [-0.4, -0.2) is 87.4 Å². The van der Waals surface area contributed by atoms with E-state index in [1.807, 2.05) is 31.2 Å². The van der Waals surface area contributed by atoms with Crippen LogP contribution < -0.4 is 0 Å². The summed E-state index contributed by atoms with van der Waals surface area (Å²) in [5.41, 5.74) is 0.258. The third kappa shape index (κ3) is 4.95. The molecular formula is C26H33N3O6S2. The molecule has 3 heterocycles. The van der Waals surface area contributed by atoms with Gasteiger partial charge in [0, 0.05) is 19.6 Å². The molecule has 0 radical (unpaired) electrons. The van der Waals surface area contributed by atoms with E-state index in [1.165, 1.54) is 10.4 Å².